The first kappa shape index (κ1) is 13.7. The van der Waals surface area contributed by atoms with Crippen LogP contribution in [0.4, 0.5) is 4.39 Å². The highest BCUT2D eigenvalue weighted by molar-refractivity contribution is 7.89. The Morgan fingerprint density at radius 3 is 2.47 bits per heavy atom. The fraction of sp³-hybridized carbons (Fsp3) is 0.250. The molecule has 0 amide bonds. The minimum absolute atomic E-state index is 0.0506. The number of hydrogen-bond acceptors (Lipinski definition) is 3. The van der Waals surface area contributed by atoms with E-state index in [1.807, 2.05) is 0 Å². The van der Waals surface area contributed by atoms with E-state index in [2.05, 4.69) is 9.97 Å². The number of nitrogens with one attached hydrogen (secondary N) is 1. The SMILES string of the molecule is Cc1ncc(S(=O)(=O)N(C)Cc2ccc(F)cc2)[nH]1. The van der Waals surface area contributed by atoms with E-state index >= 15 is 0 Å². The zero-order chi connectivity index (χ0) is 14.0. The average Bonchev–Trinajstić information content (AvgIpc) is 2.79. The summed E-state index contributed by atoms with van der Waals surface area (Å²) in [6.45, 7) is 1.85. The van der Waals surface area contributed by atoms with Crippen molar-refractivity contribution < 1.29 is 12.8 Å². The predicted octanol–water partition coefficient (Wildman–Crippen LogP) is 1.68. The summed E-state index contributed by atoms with van der Waals surface area (Å²) < 4.78 is 38.4. The lowest BCUT2D eigenvalue weighted by Gasteiger charge is -2.15. The first-order valence-electron chi connectivity index (χ1n) is 5.62. The molecule has 0 fully saturated rings. The van der Waals surface area contributed by atoms with E-state index < -0.39 is 10.0 Å². The molecule has 0 bridgehead atoms. The molecule has 0 aliphatic rings. The molecule has 0 unspecified atom stereocenters. The normalized spacial score (nSPS) is 12.0. The molecule has 7 heteroatoms. The highest BCUT2D eigenvalue weighted by Gasteiger charge is 2.22. The highest BCUT2D eigenvalue weighted by Crippen LogP contribution is 2.15. The van der Waals surface area contributed by atoms with E-state index in [1.54, 1.807) is 19.1 Å². The van der Waals surface area contributed by atoms with Crippen molar-refractivity contribution in [2.24, 2.45) is 0 Å². The van der Waals surface area contributed by atoms with Gasteiger partial charge in [0, 0.05) is 13.6 Å². The Labute approximate surface area is 111 Å². The summed E-state index contributed by atoms with van der Waals surface area (Å²) >= 11 is 0. The molecule has 102 valence electrons. The number of nitrogens with zero attached hydrogens (tertiary/aromatic N) is 2. The molecule has 0 aliphatic heterocycles. The third kappa shape index (κ3) is 2.99. The van der Waals surface area contributed by atoms with Crippen LogP contribution in [0.5, 0.6) is 0 Å². The maximum absolute atomic E-state index is 12.8. The lowest BCUT2D eigenvalue weighted by molar-refractivity contribution is 0.464. The van der Waals surface area contributed by atoms with Gasteiger partial charge in [0.05, 0.1) is 6.20 Å². The molecule has 0 spiro atoms. The van der Waals surface area contributed by atoms with Crippen molar-refractivity contribution in [3.8, 4) is 0 Å². The second kappa shape index (κ2) is 5.10. The predicted molar refractivity (Wildman–Crippen MR) is 68.4 cm³/mol. The van der Waals surface area contributed by atoms with Crippen LogP contribution in [0.15, 0.2) is 35.5 Å². The summed E-state index contributed by atoms with van der Waals surface area (Å²) in [5.74, 6) is 0.187. The average molecular weight is 283 g/mol. The molecule has 19 heavy (non-hydrogen) atoms. The van der Waals surface area contributed by atoms with Crippen LogP contribution in [0.3, 0.4) is 0 Å². The van der Waals surface area contributed by atoms with Gasteiger partial charge in [-0.05, 0) is 24.6 Å². The van der Waals surface area contributed by atoms with Gasteiger partial charge in [-0.15, -0.1) is 0 Å². The molecular formula is C12H14FN3O2S. The fourth-order valence-electron chi connectivity index (χ4n) is 1.63. The van der Waals surface area contributed by atoms with Gasteiger partial charge in [0.1, 0.15) is 11.6 Å². The number of aryl methyl sites for hydroxylation is 1. The van der Waals surface area contributed by atoms with Crippen molar-refractivity contribution in [2.45, 2.75) is 18.5 Å². The van der Waals surface area contributed by atoms with Gasteiger partial charge in [0.15, 0.2) is 5.03 Å². The summed E-state index contributed by atoms with van der Waals surface area (Å²) in [4.78, 5) is 6.56. The lowest BCUT2D eigenvalue weighted by Crippen LogP contribution is -2.26. The Hall–Kier alpha value is -1.73. The Morgan fingerprint density at radius 2 is 1.95 bits per heavy atom. The zero-order valence-electron chi connectivity index (χ0n) is 10.6. The topological polar surface area (TPSA) is 66.1 Å². The number of halogens is 1. The molecule has 2 aromatic rings. The van der Waals surface area contributed by atoms with Gasteiger partial charge < -0.3 is 4.98 Å². The van der Waals surface area contributed by atoms with Crippen molar-refractivity contribution in [3.63, 3.8) is 0 Å². The van der Waals surface area contributed by atoms with Gasteiger partial charge in [0.25, 0.3) is 10.0 Å². The van der Waals surface area contributed by atoms with Crippen LogP contribution in [0.2, 0.25) is 0 Å². The Balaban J connectivity index is 2.19. The fourth-order valence-corrected chi connectivity index (χ4v) is 2.75. The number of imidazole rings is 1. The second-order valence-electron chi connectivity index (χ2n) is 4.22. The van der Waals surface area contributed by atoms with Crippen molar-refractivity contribution in [3.05, 3.63) is 47.7 Å². The van der Waals surface area contributed by atoms with Gasteiger partial charge in [0.2, 0.25) is 0 Å². The van der Waals surface area contributed by atoms with Crippen molar-refractivity contribution in [1.82, 2.24) is 14.3 Å². The van der Waals surface area contributed by atoms with E-state index in [1.165, 1.54) is 29.7 Å². The number of benzene rings is 1. The van der Waals surface area contributed by atoms with E-state index in [9.17, 15) is 12.8 Å². The number of aromatic amines is 1. The maximum Gasteiger partial charge on any atom is 0.260 e. The van der Waals surface area contributed by atoms with Crippen LogP contribution in [-0.2, 0) is 16.6 Å². The molecule has 0 radical (unpaired) electrons. The molecule has 1 heterocycles. The summed E-state index contributed by atoms with van der Waals surface area (Å²) in [6.07, 6.45) is 1.28. The Bertz CT molecular complexity index is 665. The van der Waals surface area contributed by atoms with Gasteiger partial charge in [-0.25, -0.2) is 17.8 Å². The van der Waals surface area contributed by atoms with Crippen LogP contribution < -0.4 is 0 Å². The molecule has 0 aliphatic carbocycles. The smallest absolute Gasteiger partial charge is 0.260 e. The number of H-pyrrole nitrogens is 1. The highest BCUT2D eigenvalue weighted by atomic mass is 32.2. The van der Waals surface area contributed by atoms with Crippen molar-refractivity contribution >= 4 is 10.0 Å². The van der Waals surface area contributed by atoms with Gasteiger partial charge in [-0.1, -0.05) is 12.1 Å². The Kier molecular flexibility index (Phi) is 3.68. The number of sulfonamides is 1. The zero-order valence-corrected chi connectivity index (χ0v) is 11.4. The third-order valence-electron chi connectivity index (χ3n) is 2.69. The number of aromatic nitrogens is 2. The molecule has 1 aromatic carbocycles. The summed E-state index contributed by atoms with van der Waals surface area (Å²) in [5, 5.41) is 0.0506. The van der Waals surface area contributed by atoms with E-state index in [0.717, 1.165) is 0 Å². The van der Waals surface area contributed by atoms with Gasteiger partial charge in [-0.3, -0.25) is 0 Å². The minimum atomic E-state index is -3.60. The Morgan fingerprint density at radius 1 is 1.32 bits per heavy atom. The second-order valence-corrected chi connectivity index (χ2v) is 6.23. The van der Waals surface area contributed by atoms with Gasteiger partial charge >= 0.3 is 0 Å². The van der Waals surface area contributed by atoms with Gasteiger partial charge in [-0.2, -0.15) is 4.31 Å². The molecule has 0 saturated carbocycles. The molecule has 2 rings (SSSR count). The maximum atomic E-state index is 12.8. The molecule has 0 atom stereocenters. The van der Waals surface area contributed by atoms with Crippen LogP contribution in [0.1, 0.15) is 11.4 Å². The molecular weight excluding hydrogens is 269 g/mol. The molecule has 1 aromatic heterocycles. The van der Waals surface area contributed by atoms with Crippen LogP contribution in [0, 0.1) is 12.7 Å². The molecule has 5 nitrogen and oxygen atoms in total. The van der Waals surface area contributed by atoms with Crippen molar-refractivity contribution in [1.29, 1.82) is 0 Å². The largest absolute Gasteiger partial charge is 0.332 e. The lowest BCUT2D eigenvalue weighted by atomic mass is 10.2. The van der Waals surface area contributed by atoms with E-state index in [4.69, 9.17) is 0 Å². The monoisotopic (exact) mass is 283 g/mol. The minimum Gasteiger partial charge on any atom is -0.332 e. The first-order valence-corrected chi connectivity index (χ1v) is 7.06. The number of hydrogen-bond donors (Lipinski definition) is 1. The summed E-state index contributed by atoms with van der Waals surface area (Å²) in [6, 6.07) is 5.71. The van der Waals surface area contributed by atoms with E-state index in [-0.39, 0.29) is 17.4 Å². The van der Waals surface area contributed by atoms with Crippen LogP contribution >= 0.6 is 0 Å². The number of rotatable bonds is 4. The first-order chi connectivity index (χ1) is 8.89. The standard InChI is InChI=1S/C12H14FN3O2S/c1-9-14-7-12(15-9)19(17,18)16(2)8-10-3-5-11(13)6-4-10/h3-7H,8H2,1-2H3,(H,14,15). The van der Waals surface area contributed by atoms with E-state index in [0.29, 0.717) is 11.4 Å². The summed E-state index contributed by atoms with van der Waals surface area (Å²) in [5.41, 5.74) is 0.712. The van der Waals surface area contributed by atoms with Crippen LogP contribution in [0.25, 0.3) is 0 Å². The van der Waals surface area contributed by atoms with Crippen LogP contribution in [-0.4, -0.2) is 29.7 Å². The van der Waals surface area contributed by atoms with Crippen molar-refractivity contribution in [2.75, 3.05) is 7.05 Å². The molecule has 1 N–H and O–H groups in total. The third-order valence-corrected chi connectivity index (χ3v) is 4.40. The quantitative estimate of drug-likeness (QED) is 0.928. The summed E-state index contributed by atoms with van der Waals surface area (Å²) in [7, 11) is -2.14. The molecule has 0 saturated heterocycles.